The molecular weight excluding hydrogens is 266 g/mol. The summed E-state index contributed by atoms with van der Waals surface area (Å²) >= 11 is 0. The van der Waals surface area contributed by atoms with Crippen LogP contribution in [0.5, 0.6) is 0 Å². The maximum atomic E-state index is 12.1. The number of aromatic nitrogens is 3. The van der Waals surface area contributed by atoms with E-state index in [1.807, 2.05) is 0 Å². The van der Waals surface area contributed by atoms with Crippen LogP contribution in [0.3, 0.4) is 0 Å². The van der Waals surface area contributed by atoms with Crippen LogP contribution in [0.25, 0.3) is 0 Å². The van der Waals surface area contributed by atoms with Gasteiger partial charge in [-0.3, -0.25) is 0 Å². The quantitative estimate of drug-likeness (QED) is 0.873. The molecule has 1 unspecified atom stereocenters. The molecule has 2 bridgehead atoms. The molecule has 3 aliphatic carbocycles. The van der Waals surface area contributed by atoms with Crippen molar-refractivity contribution in [3.8, 4) is 0 Å². The second kappa shape index (κ2) is 4.21. The molecule has 0 saturated heterocycles. The normalized spacial score (nSPS) is 38.2. The first kappa shape index (κ1) is 12.0. The lowest BCUT2D eigenvalue weighted by atomic mass is 10.0. The molecule has 0 aromatic carbocycles. The van der Waals surface area contributed by atoms with E-state index in [-0.39, 0.29) is 6.03 Å². The van der Waals surface area contributed by atoms with Gasteiger partial charge in [-0.1, -0.05) is 0 Å². The van der Waals surface area contributed by atoms with Gasteiger partial charge in [0.2, 0.25) is 0 Å². The Morgan fingerprint density at radius 3 is 2.86 bits per heavy atom. The largest absolute Gasteiger partial charge is 0.335 e. The van der Waals surface area contributed by atoms with E-state index in [1.165, 1.54) is 19.3 Å². The Balaban J connectivity index is 1.16. The number of hydrogen-bond acceptors (Lipinski definition) is 3. The summed E-state index contributed by atoms with van der Waals surface area (Å²) in [6.45, 7) is 1.46. The summed E-state index contributed by atoms with van der Waals surface area (Å²) in [5.41, 5.74) is 0. The van der Waals surface area contributed by atoms with Crippen molar-refractivity contribution in [1.82, 2.24) is 25.4 Å². The van der Waals surface area contributed by atoms with Crippen LogP contribution in [-0.2, 0) is 19.5 Å². The Labute approximate surface area is 123 Å². The van der Waals surface area contributed by atoms with Crippen LogP contribution in [-0.4, -0.2) is 26.8 Å². The number of aryl methyl sites for hydroxylation is 1. The van der Waals surface area contributed by atoms with Gasteiger partial charge in [0.25, 0.3) is 0 Å². The molecule has 4 aliphatic rings. The van der Waals surface area contributed by atoms with E-state index in [1.54, 1.807) is 0 Å². The topological polar surface area (TPSA) is 71.8 Å². The highest BCUT2D eigenvalue weighted by atomic mass is 16.2. The number of rotatable bonds is 3. The van der Waals surface area contributed by atoms with Crippen molar-refractivity contribution in [2.24, 2.45) is 23.7 Å². The summed E-state index contributed by atoms with van der Waals surface area (Å²) in [4.78, 5) is 12.1. The molecule has 5 atom stereocenters. The van der Waals surface area contributed by atoms with Gasteiger partial charge in [0.15, 0.2) is 5.82 Å². The molecule has 5 rings (SSSR count). The maximum Gasteiger partial charge on any atom is 0.315 e. The van der Waals surface area contributed by atoms with Gasteiger partial charge in [0.05, 0.1) is 6.54 Å². The minimum Gasteiger partial charge on any atom is -0.335 e. The molecule has 6 heteroatoms. The highest BCUT2D eigenvalue weighted by Gasteiger charge is 2.65. The summed E-state index contributed by atoms with van der Waals surface area (Å²) < 4.78 is 2.13. The standard InChI is InChI=1S/C15H21N5O/c21-15(16-7-11-19-18-10-2-1-5-20(10)11)17-14-12-8-3-4-9(6-8)13(12)14/h8-9,12-14H,1-7H2,(H2,16,17,21)/t8-,9-,12-,13+,14?/m0/s1. The molecule has 1 aromatic rings. The van der Waals surface area contributed by atoms with Crippen molar-refractivity contribution >= 4 is 6.03 Å². The fraction of sp³-hybridized carbons (Fsp3) is 0.800. The monoisotopic (exact) mass is 287 g/mol. The summed E-state index contributed by atoms with van der Waals surface area (Å²) in [5.74, 6) is 5.29. The van der Waals surface area contributed by atoms with Crippen molar-refractivity contribution < 1.29 is 4.79 Å². The zero-order valence-electron chi connectivity index (χ0n) is 12.1. The van der Waals surface area contributed by atoms with Crippen LogP contribution in [0.2, 0.25) is 0 Å². The van der Waals surface area contributed by atoms with Gasteiger partial charge in [0, 0.05) is 19.0 Å². The predicted molar refractivity (Wildman–Crippen MR) is 75.3 cm³/mol. The highest BCUT2D eigenvalue weighted by Crippen LogP contribution is 2.65. The molecule has 1 aliphatic heterocycles. The second-order valence-electron chi connectivity index (χ2n) is 7.13. The average molecular weight is 287 g/mol. The summed E-state index contributed by atoms with van der Waals surface area (Å²) in [6, 6.07) is 0.407. The lowest BCUT2D eigenvalue weighted by Gasteiger charge is -2.11. The summed E-state index contributed by atoms with van der Waals surface area (Å²) in [7, 11) is 0. The van der Waals surface area contributed by atoms with E-state index >= 15 is 0 Å². The van der Waals surface area contributed by atoms with Crippen molar-refractivity contribution in [2.45, 2.75) is 51.2 Å². The van der Waals surface area contributed by atoms with E-state index in [0.717, 1.165) is 54.7 Å². The van der Waals surface area contributed by atoms with Gasteiger partial charge in [0.1, 0.15) is 5.82 Å². The first-order valence-electron chi connectivity index (χ1n) is 8.26. The van der Waals surface area contributed by atoms with E-state index in [4.69, 9.17) is 0 Å². The van der Waals surface area contributed by atoms with Gasteiger partial charge >= 0.3 is 6.03 Å². The van der Waals surface area contributed by atoms with Gasteiger partial charge in [-0.15, -0.1) is 10.2 Å². The van der Waals surface area contributed by atoms with Crippen LogP contribution >= 0.6 is 0 Å². The lowest BCUT2D eigenvalue weighted by molar-refractivity contribution is 0.237. The maximum absolute atomic E-state index is 12.1. The smallest absolute Gasteiger partial charge is 0.315 e. The van der Waals surface area contributed by atoms with E-state index in [2.05, 4.69) is 25.4 Å². The molecule has 0 radical (unpaired) electrons. The first-order chi connectivity index (χ1) is 10.3. The average Bonchev–Trinajstić information content (AvgIpc) is 3.00. The van der Waals surface area contributed by atoms with Gasteiger partial charge in [-0.2, -0.15) is 0 Å². The van der Waals surface area contributed by atoms with Crippen LogP contribution < -0.4 is 10.6 Å². The van der Waals surface area contributed by atoms with Gasteiger partial charge < -0.3 is 15.2 Å². The SMILES string of the molecule is O=C(NCc1nnc2n1CCC2)NC1[C@@H]2[C@H]3CC[C@@H](C3)[C@H]12. The predicted octanol–water partition coefficient (Wildman–Crippen LogP) is 1.07. The number of carbonyl (C=O) groups is 1. The van der Waals surface area contributed by atoms with Gasteiger partial charge in [-0.25, -0.2) is 4.79 Å². The van der Waals surface area contributed by atoms with Crippen LogP contribution in [0.4, 0.5) is 4.79 Å². The molecule has 2 heterocycles. The zero-order chi connectivity index (χ0) is 14.0. The third-order valence-corrected chi connectivity index (χ3v) is 6.13. The van der Waals surface area contributed by atoms with Crippen molar-refractivity contribution in [2.75, 3.05) is 0 Å². The van der Waals surface area contributed by atoms with E-state index in [0.29, 0.717) is 12.6 Å². The summed E-state index contributed by atoms with van der Waals surface area (Å²) in [6.07, 6.45) is 6.34. The van der Waals surface area contributed by atoms with Gasteiger partial charge in [-0.05, 0) is 49.4 Å². The Morgan fingerprint density at radius 1 is 1.24 bits per heavy atom. The molecule has 3 fully saturated rings. The van der Waals surface area contributed by atoms with Crippen LogP contribution in [0.15, 0.2) is 0 Å². The Kier molecular flexibility index (Phi) is 2.41. The second-order valence-corrected chi connectivity index (χ2v) is 7.13. The van der Waals surface area contributed by atoms with E-state index in [9.17, 15) is 4.79 Å². The molecule has 1 aromatic heterocycles. The third kappa shape index (κ3) is 1.74. The number of urea groups is 1. The number of nitrogens with one attached hydrogen (secondary N) is 2. The first-order valence-corrected chi connectivity index (χ1v) is 8.26. The van der Waals surface area contributed by atoms with Crippen molar-refractivity contribution in [3.63, 3.8) is 0 Å². The van der Waals surface area contributed by atoms with Crippen molar-refractivity contribution in [1.29, 1.82) is 0 Å². The molecule has 21 heavy (non-hydrogen) atoms. The zero-order valence-corrected chi connectivity index (χ0v) is 12.1. The summed E-state index contributed by atoms with van der Waals surface area (Å²) in [5, 5.41) is 14.5. The molecule has 2 N–H and O–H groups in total. The highest BCUT2D eigenvalue weighted by molar-refractivity contribution is 5.74. The van der Waals surface area contributed by atoms with Crippen LogP contribution in [0, 0.1) is 23.7 Å². The molecule has 3 saturated carbocycles. The van der Waals surface area contributed by atoms with Crippen molar-refractivity contribution in [3.05, 3.63) is 11.6 Å². The lowest BCUT2D eigenvalue weighted by Crippen LogP contribution is -2.39. The Morgan fingerprint density at radius 2 is 2.05 bits per heavy atom. The molecular formula is C15H21N5O. The van der Waals surface area contributed by atoms with Crippen LogP contribution in [0.1, 0.15) is 37.3 Å². The Hall–Kier alpha value is -1.59. The number of nitrogens with zero attached hydrogens (tertiary/aromatic N) is 3. The molecule has 2 amide bonds. The molecule has 6 nitrogen and oxygen atoms in total. The number of amides is 2. The Bertz CT molecular complexity index is 581. The van der Waals surface area contributed by atoms with E-state index < -0.39 is 0 Å². The number of fused-ring (bicyclic) bond motifs is 6. The fourth-order valence-corrected chi connectivity index (χ4v) is 5.22. The fourth-order valence-electron chi connectivity index (χ4n) is 5.22. The minimum atomic E-state index is -0.0378. The minimum absolute atomic E-state index is 0.0378. The third-order valence-electron chi connectivity index (χ3n) is 6.13. The molecule has 0 spiro atoms. The molecule has 112 valence electrons. The number of carbonyl (C=O) groups excluding carboxylic acids is 1. The number of hydrogen-bond donors (Lipinski definition) is 2.